The summed E-state index contributed by atoms with van der Waals surface area (Å²) in [5.41, 5.74) is 2.60. The maximum atomic E-state index is 13.5. The maximum absolute atomic E-state index is 13.5. The van der Waals surface area contributed by atoms with Crippen molar-refractivity contribution < 1.29 is 14.3 Å². The summed E-state index contributed by atoms with van der Waals surface area (Å²) in [6.07, 6.45) is 4.51. The van der Waals surface area contributed by atoms with E-state index in [0.29, 0.717) is 47.8 Å². The van der Waals surface area contributed by atoms with Crippen LogP contribution in [0.1, 0.15) is 47.2 Å². The van der Waals surface area contributed by atoms with E-state index >= 15 is 0 Å². The second-order valence-electron chi connectivity index (χ2n) is 8.90. The van der Waals surface area contributed by atoms with Crippen molar-refractivity contribution in [2.45, 2.75) is 44.9 Å². The first-order valence-corrected chi connectivity index (χ1v) is 12.6. The van der Waals surface area contributed by atoms with Crippen LogP contribution in [0.3, 0.4) is 0 Å². The van der Waals surface area contributed by atoms with Crippen LogP contribution in [0, 0.1) is 0 Å². The molecule has 0 spiro atoms. The first kappa shape index (κ1) is 25.1. The number of amides is 1. The third-order valence-corrected chi connectivity index (χ3v) is 6.72. The normalized spacial score (nSPS) is 15.4. The highest BCUT2D eigenvalue weighted by Crippen LogP contribution is 2.30. The van der Waals surface area contributed by atoms with Gasteiger partial charge in [0.25, 0.3) is 5.91 Å². The largest absolute Gasteiger partial charge is 0.493 e. The molecule has 184 valence electrons. The van der Waals surface area contributed by atoms with Gasteiger partial charge in [0.05, 0.1) is 17.7 Å². The van der Waals surface area contributed by atoms with Gasteiger partial charge in [0, 0.05) is 19.1 Å². The van der Waals surface area contributed by atoms with Crippen LogP contribution < -0.4 is 14.8 Å². The lowest BCUT2D eigenvalue weighted by molar-refractivity contribution is 0.0734. The van der Waals surface area contributed by atoms with Crippen molar-refractivity contribution in [1.29, 1.82) is 0 Å². The number of carbonyl (C=O) groups excluding carboxylic acids is 1. The molecule has 3 aromatic carbocycles. The topological polar surface area (TPSA) is 50.8 Å². The quantitative estimate of drug-likeness (QED) is 0.371. The van der Waals surface area contributed by atoms with Crippen molar-refractivity contribution in [1.82, 2.24) is 10.2 Å². The number of halogens is 1. The number of nitrogens with one attached hydrogen (secondary N) is 1. The molecular formula is C29H33ClN2O3. The Balaban J connectivity index is 1.49. The van der Waals surface area contributed by atoms with Crippen LogP contribution in [0.2, 0.25) is 5.02 Å². The van der Waals surface area contributed by atoms with E-state index in [-0.39, 0.29) is 5.91 Å². The molecule has 1 N–H and O–H groups in total. The zero-order valence-electron chi connectivity index (χ0n) is 20.2. The third-order valence-electron chi connectivity index (χ3n) is 6.39. The number of hydrogen-bond acceptors (Lipinski definition) is 4. The van der Waals surface area contributed by atoms with E-state index in [1.807, 2.05) is 65.6 Å². The van der Waals surface area contributed by atoms with Gasteiger partial charge in [0.15, 0.2) is 11.5 Å². The monoisotopic (exact) mass is 492 g/mol. The number of rotatable bonds is 10. The number of methoxy groups -OCH3 is 1. The molecule has 1 atom stereocenters. The Bertz CT molecular complexity index is 1100. The van der Waals surface area contributed by atoms with Crippen LogP contribution in [0.5, 0.6) is 11.5 Å². The molecular weight excluding hydrogens is 460 g/mol. The van der Waals surface area contributed by atoms with Crippen molar-refractivity contribution >= 4 is 17.5 Å². The predicted octanol–water partition coefficient (Wildman–Crippen LogP) is 6.10. The Hall–Kier alpha value is -3.02. The summed E-state index contributed by atoms with van der Waals surface area (Å²) in [7, 11) is 1.63. The molecule has 4 rings (SSSR count). The standard InChI is InChI=1S/C29H33ClN2O3/c1-34-28-19-23(14-15-27(28)35-21-22-9-3-2-4-10-22)20-32(18-16-24-11-7-8-17-31-24)29(33)25-12-5-6-13-26(25)30/h2-6,9-10,12-15,19,24,31H,7-8,11,16-18,20-21H2,1H3. The first-order chi connectivity index (χ1) is 17.1. The van der Waals surface area contributed by atoms with E-state index < -0.39 is 0 Å². The summed E-state index contributed by atoms with van der Waals surface area (Å²) in [6, 6.07) is 23.6. The lowest BCUT2D eigenvalue weighted by Gasteiger charge is -2.28. The molecule has 35 heavy (non-hydrogen) atoms. The van der Waals surface area contributed by atoms with Crippen LogP contribution in [-0.2, 0) is 13.2 Å². The molecule has 1 unspecified atom stereocenters. The molecule has 1 fully saturated rings. The smallest absolute Gasteiger partial charge is 0.255 e. The molecule has 0 aromatic heterocycles. The van der Waals surface area contributed by atoms with Crippen LogP contribution in [-0.4, -0.2) is 37.0 Å². The minimum absolute atomic E-state index is 0.0604. The molecule has 1 saturated heterocycles. The van der Waals surface area contributed by atoms with E-state index in [4.69, 9.17) is 21.1 Å². The van der Waals surface area contributed by atoms with E-state index in [1.54, 1.807) is 19.2 Å². The van der Waals surface area contributed by atoms with Gasteiger partial charge in [0.2, 0.25) is 0 Å². The third kappa shape index (κ3) is 7.00. The van der Waals surface area contributed by atoms with Gasteiger partial charge in [0.1, 0.15) is 6.61 Å². The number of ether oxygens (including phenoxy) is 2. The Morgan fingerprint density at radius 2 is 1.80 bits per heavy atom. The van der Waals surface area contributed by atoms with Gasteiger partial charge < -0.3 is 19.7 Å². The summed E-state index contributed by atoms with van der Waals surface area (Å²) in [5, 5.41) is 4.05. The molecule has 1 aliphatic heterocycles. The Morgan fingerprint density at radius 1 is 1.00 bits per heavy atom. The van der Waals surface area contributed by atoms with Gasteiger partial charge in [-0.3, -0.25) is 4.79 Å². The highest BCUT2D eigenvalue weighted by Gasteiger charge is 2.21. The van der Waals surface area contributed by atoms with Gasteiger partial charge >= 0.3 is 0 Å². The lowest BCUT2D eigenvalue weighted by atomic mass is 10.0. The van der Waals surface area contributed by atoms with Crippen molar-refractivity contribution in [3.63, 3.8) is 0 Å². The van der Waals surface area contributed by atoms with Gasteiger partial charge in [-0.05, 0) is 61.2 Å². The van der Waals surface area contributed by atoms with Crippen molar-refractivity contribution in [3.05, 3.63) is 94.5 Å². The molecule has 6 heteroatoms. The summed E-state index contributed by atoms with van der Waals surface area (Å²) in [6.45, 7) is 2.62. The summed E-state index contributed by atoms with van der Waals surface area (Å²) in [4.78, 5) is 15.4. The van der Waals surface area contributed by atoms with E-state index in [2.05, 4.69) is 5.32 Å². The first-order valence-electron chi connectivity index (χ1n) is 12.2. The molecule has 0 saturated carbocycles. The highest BCUT2D eigenvalue weighted by molar-refractivity contribution is 6.33. The van der Waals surface area contributed by atoms with Gasteiger partial charge in [-0.25, -0.2) is 0 Å². The van der Waals surface area contributed by atoms with Crippen LogP contribution >= 0.6 is 11.6 Å². The number of benzene rings is 3. The van der Waals surface area contributed by atoms with Crippen molar-refractivity contribution in [2.75, 3.05) is 20.2 Å². The Kier molecular flexibility index (Phi) is 9.04. The number of carbonyl (C=O) groups is 1. The SMILES string of the molecule is COc1cc(CN(CCC2CCCCN2)C(=O)c2ccccc2Cl)ccc1OCc1ccccc1. The Labute approximate surface area is 213 Å². The van der Waals surface area contributed by atoms with Crippen molar-refractivity contribution in [2.24, 2.45) is 0 Å². The second kappa shape index (κ2) is 12.6. The lowest BCUT2D eigenvalue weighted by Crippen LogP contribution is -2.39. The zero-order valence-corrected chi connectivity index (χ0v) is 21.0. The average Bonchev–Trinajstić information content (AvgIpc) is 2.91. The molecule has 0 aliphatic carbocycles. The summed E-state index contributed by atoms with van der Waals surface area (Å²) >= 11 is 6.37. The number of piperidine rings is 1. The van der Waals surface area contributed by atoms with Gasteiger partial charge in [-0.1, -0.05) is 66.6 Å². The highest BCUT2D eigenvalue weighted by atomic mass is 35.5. The maximum Gasteiger partial charge on any atom is 0.255 e. The molecule has 3 aromatic rings. The van der Waals surface area contributed by atoms with Gasteiger partial charge in [-0.2, -0.15) is 0 Å². The molecule has 0 bridgehead atoms. The van der Waals surface area contributed by atoms with Gasteiger partial charge in [-0.15, -0.1) is 0 Å². The molecule has 1 amide bonds. The second-order valence-corrected chi connectivity index (χ2v) is 9.31. The minimum atomic E-state index is -0.0604. The zero-order chi connectivity index (χ0) is 24.5. The minimum Gasteiger partial charge on any atom is -0.493 e. The molecule has 1 heterocycles. The van der Waals surface area contributed by atoms with E-state index in [9.17, 15) is 4.79 Å². The molecule has 1 aliphatic rings. The number of hydrogen-bond donors (Lipinski definition) is 1. The fourth-order valence-electron chi connectivity index (χ4n) is 4.42. The molecule has 0 radical (unpaired) electrons. The fraction of sp³-hybridized carbons (Fsp3) is 0.345. The summed E-state index contributed by atoms with van der Waals surface area (Å²) in [5.74, 6) is 1.27. The van der Waals surface area contributed by atoms with Crippen molar-refractivity contribution in [3.8, 4) is 11.5 Å². The average molecular weight is 493 g/mol. The molecule has 5 nitrogen and oxygen atoms in total. The van der Waals surface area contributed by atoms with E-state index in [1.165, 1.54) is 12.8 Å². The van der Waals surface area contributed by atoms with Crippen LogP contribution in [0.25, 0.3) is 0 Å². The van der Waals surface area contributed by atoms with Crippen LogP contribution in [0.15, 0.2) is 72.8 Å². The Morgan fingerprint density at radius 3 is 2.54 bits per heavy atom. The summed E-state index contributed by atoms with van der Waals surface area (Å²) < 4.78 is 11.6. The van der Waals surface area contributed by atoms with E-state index in [0.717, 1.165) is 30.5 Å². The fourth-order valence-corrected chi connectivity index (χ4v) is 4.64. The van der Waals surface area contributed by atoms with Crippen LogP contribution in [0.4, 0.5) is 0 Å². The predicted molar refractivity (Wildman–Crippen MR) is 140 cm³/mol. The number of nitrogens with zero attached hydrogens (tertiary/aromatic N) is 1.